The van der Waals surface area contributed by atoms with E-state index in [1.165, 1.54) is 98.4 Å². The second kappa shape index (κ2) is 16.6. The molecule has 0 bridgehead atoms. The summed E-state index contributed by atoms with van der Waals surface area (Å²) in [6.45, 7) is 12.7. The first-order valence-corrected chi connectivity index (χ1v) is 19.7. The highest BCUT2D eigenvalue weighted by Gasteiger charge is 2.52. The average molecular weight is 669 g/mol. The normalized spacial score (nSPS) is 24.2. The monoisotopic (exact) mass is 668 g/mol. The number of aromatic nitrogens is 2. The highest BCUT2D eigenvalue weighted by Crippen LogP contribution is 2.61. The largest absolute Gasteiger partial charge is 0.294 e. The van der Waals surface area contributed by atoms with E-state index in [1.807, 2.05) is 32.2 Å². The zero-order valence-electron chi connectivity index (χ0n) is 31.4. The highest BCUT2D eigenvalue weighted by molar-refractivity contribution is 5.98. The summed E-state index contributed by atoms with van der Waals surface area (Å²) in [5, 5.41) is 0. The van der Waals surface area contributed by atoms with E-state index >= 15 is 0 Å². The number of nitrogens with zero attached hydrogens (tertiary/aromatic N) is 2. The third-order valence-corrected chi connectivity index (χ3v) is 12.6. The molecule has 0 spiro atoms. The van der Waals surface area contributed by atoms with Crippen molar-refractivity contribution >= 4 is 17.9 Å². The number of benzene rings is 1. The number of rotatable bonds is 13. The Morgan fingerprint density at radius 3 is 2.62 bits per heavy atom. The first-order chi connectivity index (χ1) is 24.2. The van der Waals surface area contributed by atoms with Crippen molar-refractivity contribution in [1.29, 1.82) is 0 Å². The van der Waals surface area contributed by atoms with Crippen LogP contribution in [0.25, 0.3) is 12.2 Å². The number of carbonyl (C=O) groups excluding carboxylic acids is 1. The number of fused-ring (bicyclic) bond motifs is 2. The molecule has 0 N–H and O–H groups in total. The molecule has 0 radical (unpaired) electrons. The average Bonchev–Trinajstić information content (AvgIpc) is 3.77. The zero-order chi connectivity index (χ0) is 35.1. The summed E-state index contributed by atoms with van der Waals surface area (Å²) < 4.78 is 0. The summed E-state index contributed by atoms with van der Waals surface area (Å²) in [6.07, 6.45) is 33.5. The highest BCUT2D eigenvalue weighted by atomic mass is 16.1. The molecule has 3 aromatic rings. The van der Waals surface area contributed by atoms with Gasteiger partial charge in [0.25, 0.3) is 0 Å². The van der Waals surface area contributed by atoms with E-state index in [0.717, 1.165) is 53.8 Å². The Morgan fingerprint density at radius 1 is 1.00 bits per heavy atom. The smallest absolute Gasteiger partial charge is 0.164 e. The van der Waals surface area contributed by atoms with Gasteiger partial charge in [-0.25, -0.2) is 0 Å². The van der Waals surface area contributed by atoms with Gasteiger partial charge >= 0.3 is 0 Å². The second-order valence-electron chi connectivity index (χ2n) is 16.3. The molecule has 50 heavy (non-hydrogen) atoms. The molecule has 2 heterocycles. The Hall–Kier alpha value is -3.59. The summed E-state index contributed by atoms with van der Waals surface area (Å²) in [4.78, 5) is 21.8. The topological polar surface area (TPSA) is 42.9 Å². The van der Waals surface area contributed by atoms with E-state index < -0.39 is 0 Å². The van der Waals surface area contributed by atoms with Crippen molar-refractivity contribution in [2.24, 2.45) is 29.1 Å². The molecule has 0 aliphatic heterocycles. The Balaban J connectivity index is 1.07. The van der Waals surface area contributed by atoms with Gasteiger partial charge in [-0.2, -0.15) is 0 Å². The van der Waals surface area contributed by atoms with E-state index in [0.29, 0.717) is 12.3 Å². The van der Waals surface area contributed by atoms with Gasteiger partial charge in [0.15, 0.2) is 5.78 Å². The number of ketones is 1. The number of allylic oxidation sites excluding steroid dienone is 3. The van der Waals surface area contributed by atoms with Gasteiger partial charge in [-0.3, -0.25) is 14.8 Å². The SMILES string of the molecule is C=Cc1ccc2c(c1)C=CC1(C/C(=C/C3CCCCC(C(C)CCCCC(=O)c4c(C)ccnc4C)CCC3)Cc3cnccc3C)CC1C2. The zero-order valence-corrected chi connectivity index (χ0v) is 31.4. The number of hydrogen-bond acceptors (Lipinski definition) is 3. The van der Waals surface area contributed by atoms with Crippen molar-refractivity contribution in [3.05, 3.63) is 118 Å². The first kappa shape index (κ1) is 36.2. The summed E-state index contributed by atoms with van der Waals surface area (Å²) in [5.41, 5.74) is 11.5. The van der Waals surface area contributed by atoms with Crippen LogP contribution in [0.5, 0.6) is 0 Å². The van der Waals surface area contributed by atoms with Crippen molar-refractivity contribution in [2.75, 3.05) is 0 Å². The molecule has 3 aliphatic rings. The van der Waals surface area contributed by atoms with Gasteiger partial charge in [-0.1, -0.05) is 100 Å². The standard InChI is InChI=1S/C47H60N2O/c1-6-37-18-19-41-29-44-31-47(44,23-20-42(41)27-37)30-39(28-43-32-48-24-21-34(43)3)26-38-13-8-9-15-40(16-11-14-38)33(2)12-7-10-17-45(50)46-35(4)22-25-49-36(46)5/h6,18-27,32-33,38,40,44H,1,7-17,28-31H2,2-5H3/b39-26+. The van der Waals surface area contributed by atoms with Crippen LogP contribution in [0.15, 0.2) is 73.2 Å². The molecule has 2 saturated carbocycles. The van der Waals surface area contributed by atoms with Crippen LogP contribution in [0.4, 0.5) is 0 Å². The fourth-order valence-electron chi connectivity index (χ4n) is 9.33. The van der Waals surface area contributed by atoms with Gasteiger partial charge < -0.3 is 0 Å². The fourth-order valence-corrected chi connectivity index (χ4v) is 9.33. The summed E-state index contributed by atoms with van der Waals surface area (Å²) >= 11 is 0. The molecule has 264 valence electrons. The Labute approximate surface area is 302 Å². The second-order valence-corrected chi connectivity index (χ2v) is 16.3. The number of hydrogen-bond donors (Lipinski definition) is 0. The predicted molar refractivity (Wildman–Crippen MR) is 210 cm³/mol. The van der Waals surface area contributed by atoms with Crippen molar-refractivity contribution in [3.63, 3.8) is 0 Å². The number of carbonyl (C=O) groups is 1. The Kier molecular flexibility index (Phi) is 12.0. The molecule has 1 aromatic carbocycles. The first-order valence-electron chi connectivity index (χ1n) is 19.7. The van der Waals surface area contributed by atoms with Gasteiger partial charge in [0, 0.05) is 36.3 Å². The molecule has 5 atom stereocenters. The quantitative estimate of drug-likeness (QED) is 0.103. The summed E-state index contributed by atoms with van der Waals surface area (Å²) in [7, 11) is 0. The fraction of sp³-hybridized carbons (Fsp3) is 0.511. The molecule has 5 unspecified atom stereocenters. The minimum absolute atomic E-state index is 0.263. The van der Waals surface area contributed by atoms with Crippen LogP contribution in [-0.4, -0.2) is 15.8 Å². The molecule has 0 amide bonds. The van der Waals surface area contributed by atoms with Gasteiger partial charge in [-0.15, -0.1) is 0 Å². The minimum atomic E-state index is 0.263. The van der Waals surface area contributed by atoms with E-state index in [9.17, 15) is 4.79 Å². The van der Waals surface area contributed by atoms with Crippen molar-refractivity contribution < 1.29 is 4.79 Å². The van der Waals surface area contributed by atoms with E-state index in [2.05, 4.69) is 79.1 Å². The van der Waals surface area contributed by atoms with Crippen LogP contribution < -0.4 is 0 Å². The Bertz CT molecular complexity index is 1690. The third kappa shape index (κ3) is 9.00. The molecule has 3 heteroatoms. The van der Waals surface area contributed by atoms with Crippen LogP contribution in [0.2, 0.25) is 0 Å². The molecule has 0 saturated heterocycles. The number of unbranched alkanes of at least 4 members (excludes halogenated alkanes) is 1. The summed E-state index contributed by atoms with van der Waals surface area (Å²) in [6, 6.07) is 11.0. The predicted octanol–water partition coefficient (Wildman–Crippen LogP) is 12.2. The minimum Gasteiger partial charge on any atom is -0.294 e. The number of pyridine rings is 2. The van der Waals surface area contributed by atoms with E-state index in [4.69, 9.17) is 0 Å². The van der Waals surface area contributed by atoms with Gasteiger partial charge in [-0.05, 0) is 146 Å². The van der Waals surface area contributed by atoms with Gasteiger partial charge in [0.2, 0.25) is 0 Å². The molecule has 2 fully saturated rings. The van der Waals surface area contributed by atoms with Crippen LogP contribution in [0.3, 0.4) is 0 Å². The molecular formula is C47H60N2O. The summed E-state index contributed by atoms with van der Waals surface area (Å²) in [5.74, 6) is 3.19. The number of aryl methyl sites for hydroxylation is 3. The van der Waals surface area contributed by atoms with E-state index in [1.54, 1.807) is 11.8 Å². The molecule has 2 aromatic heterocycles. The molecule has 6 rings (SSSR count). The maximum Gasteiger partial charge on any atom is 0.164 e. The number of Topliss-reactive ketones (excluding diaryl/α,β-unsaturated/α-hetero) is 1. The maximum atomic E-state index is 12.9. The lowest BCUT2D eigenvalue weighted by molar-refractivity contribution is 0.0976. The molecule has 3 nitrogen and oxygen atoms in total. The van der Waals surface area contributed by atoms with Gasteiger partial charge in [0.05, 0.1) is 0 Å². The van der Waals surface area contributed by atoms with Gasteiger partial charge in [0.1, 0.15) is 0 Å². The Morgan fingerprint density at radius 2 is 1.80 bits per heavy atom. The van der Waals surface area contributed by atoms with Crippen molar-refractivity contribution in [3.8, 4) is 0 Å². The van der Waals surface area contributed by atoms with Crippen LogP contribution in [0, 0.1) is 49.9 Å². The van der Waals surface area contributed by atoms with Crippen molar-refractivity contribution in [2.45, 2.75) is 124 Å². The van der Waals surface area contributed by atoms with Crippen LogP contribution in [0.1, 0.15) is 140 Å². The van der Waals surface area contributed by atoms with E-state index in [-0.39, 0.29) is 11.2 Å². The van der Waals surface area contributed by atoms with Crippen molar-refractivity contribution in [1.82, 2.24) is 9.97 Å². The maximum absolute atomic E-state index is 12.9. The third-order valence-electron chi connectivity index (χ3n) is 12.6. The lowest BCUT2D eigenvalue weighted by atomic mass is 9.82. The lowest BCUT2D eigenvalue weighted by Gasteiger charge is -2.24. The van der Waals surface area contributed by atoms with Crippen LogP contribution >= 0.6 is 0 Å². The molecule has 3 aliphatic carbocycles. The van der Waals surface area contributed by atoms with Crippen LogP contribution in [-0.2, 0) is 12.8 Å². The lowest BCUT2D eigenvalue weighted by Crippen LogP contribution is -2.12. The molecular weight excluding hydrogens is 609 g/mol.